The van der Waals surface area contributed by atoms with Crippen LogP contribution in [0.15, 0.2) is 84.5 Å². The Hall–Kier alpha value is -2.60. The number of fused-ring (bicyclic) bond motifs is 3. The maximum absolute atomic E-state index is 2.42. The molecule has 5 rings (SSSR count). The summed E-state index contributed by atoms with van der Waals surface area (Å²) in [6.07, 6.45) is 18.5. The van der Waals surface area contributed by atoms with E-state index in [1.165, 1.54) is 39.0 Å². The monoisotopic (exact) mass is 350 g/mol. The number of benzene rings is 2. The summed E-state index contributed by atoms with van der Waals surface area (Å²) in [5.41, 5.74) is 10.1. The van der Waals surface area contributed by atoms with Crippen LogP contribution in [0.25, 0.3) is 11.1 Å². The van der Waals surface area contributed by atoms with E-state index in [-0.39, 0.29) is 10.8 Å². The second kappa shape index (κ2) is 5.70. The van der Waals surface area contributed by atoms with E-state index in [9.17, 15) is 0 Å². The van der Waals surface area contributed by atoms with Crippen molar-refractivity contribution in [3.63, 3.8) is 0 Å². The molecule has 2 aromatic carbocycles. The summed E-state index contributed by atoms with van der Waals surface area (Å²) in [4.78, 5) is 0. The van der Waals surface area contributed by atoms with Crippen LogP contribution in [-0.4, -0.2) is 0 Å². The van der Waals surface area contributed by atoms with Gasteiger partial charge in [0.25, 0.3) is 0 Å². The summed E-state index contributed by atoms with van der Waals surface area (Å²) in [5.74, 6) is 0. The molecule has 0 fully saturated rings. The standard InChI is InChI=1S/C27H26/c1-4-27(14-7-8-15-27)25-23-17-20-9-5-6-10-21(20)22(23)11-12-24(25)26(3)16-13-19(2)18-26/h5-16,18H,4,17H2,1-3H3. The fraction of sp³-hybridized carbons (Fsp3) is 0.259. The van der Waals surface area contributed by atoms with Gasteiger partial charge in [-0.05, 0) is 60.1 Å². The second-order valence-corrected chi connectivity index (χ2v) is 8.46. The van der Waals surface area contributed by atoms with Crippen LogP contribution in [0.3, 0.4) is 0 Å². The van der Waals surface area contributed by atoms with E-state index >= 15 is 0 Å². The van der Waals surface area contributed by atoms with Gasteiger partial charge in [0.15, 0.2) is 0 Å². The number of hydrogen-bond acceptors (Lipinski definition) is 0. The molecule has 27 heavy (non-hydrogen) atoms. The Kier molecular flexibility index (Phi) is 3.49. The van der Waals surface area contributed by atoms with Crippen LogP contribution in [0, 0.1) is 0 Å². The zero-order valence-corrected chi connectivity index (χ0v) is 16.4. The van der Waals surface area contributed by atoms with Gasteiger partial charge in [0.05, 0.1) is 0 Å². The maximum Gasteiger partial charge on any atom is 0.0321 e. The first-order chi connectivity index (χ1) is 13.1. The Morgan fingerprint density at radius 3 is 2.41 bits per heavy atom. The molecule has 0 saturated heterocycles. The van der Waals surface area contributed by atoms with Crippen LogP contribution < -0.4 is 0 Å². The molecule has 0 amide bonds. The van der Waals surface area contributed by atoms with Gasteiger partial charge in [-0.15, -0.1) is 0 Å². The van der Waals surface area contributed by atoms with E-state index in [4.69, 9.17) is 0 Å². The fourth-order valence-electron chi connectivity index (χ4n) is 5.32. The van der Waals surface area contributed by atoms with Crippen LogP contribution in [-0.2, 0) is 17.3 Å². The number of hydrogen-bond donors (Lipinski definition) is 0. The summed E-state index contributed by atoms with van der Waals surface area (Å²) in [6.45, 7) is 6.88. The quantitative estimate of drug-likeness (QED) is 0.487. The van der Waals surface area contributed by atoms with Crippen LogP contribution >= 0.6 is 0 Å². The van der Waals surface area contributed by atoms with Crippen molar-refractivity contribution in [3.05, 3.63) is 107 Å². The maximum atomic E-state index is 2.42. The van der Waals surface area contributed by atoms with Gasteiger partial charge in [-0.3, -0.25) is 0 Å². The van der Waals surface area contributed by atoms with Gasteiger partial charge in [0.2, 0.25) is 0 Å². The zero-order valence-electron chi connectivity index (χ0n) is 16.4. The van der Waals surface area contributed by atoms with Crippen LogP contribution in [0.2, 0.25) is 0 Å². The van der Waals surface area contributed by atoms with E-state index in [1.54, 1.807) is 0 Å². The molecular weight excluding hydrogens is 324 g/mol. The Bertz CT molecular complexity index is 1050. The van der Waals surface area contributed by atoms with Crippen LogP contribution in [0.4, 0.5) is 0 Å². The minimum Gasteiger partial charge on any atom is -0.0702 e. The van der Waals surface area contributed by atoms with E-state index in [1.807, 2.05) is 0 Å². The molecule has 0 heteroatoms. The molecule has 0 saturated carbocycles. The molecule has 2 aromatic rings. The Morgan fingerprint density at radius 1 is 0.926 bits per heavy atom. The lowest BCUT2D eigenvalue weighted by Crippen LogP contribution is -2.27. The summed E-state index contributed by atoms with van der Waals surface area (Å²) in [7, 11) is 0. The van der Waals surface area contributed by atoms with Crippen molar-refractivity contribution in [2.45, 2.75) is 44.4 Å². The minimum absolute atomic E-state index is 0.00387. The zero-order chi connectivity index (χ0) is 18.6. The molecule has 0 aromatic heterocycles. The van der Waals surface area contributed by atoms with E-state index in [0.717, 1.165) is 12.8 Å². The lowest BCUT2D eigenvalue weighted by Gasteiger charge is -2.35. The highest BCUT2D eigenvalue weighted by Gasteiger charge is 2.39. The molecule has 0 bridgehead atoms. The van der Waals surface area contributed by atoms with E-state index < -0.39 is 0 Å². The molecule has 0 nitrogen and oxygen atoms in total. The fourth-order valence-corrected chi connectivity index (χ4v) is 5.32. The van der Waals surface area contributed by atoms with Crippen LogP contribution in [0.1, 0.15) is 49.4 Å². The number of allylic oxidation sites excluding steroid dienone is 8. The Morgan fingerprint density at radius 2 is 1.70 bits per heavy atom. The first-order valence-electron chi connectivity index (χ1n) is 10.1. The third-order valence-electron chi connectivity index (χ3n) is 6.74. The highest BCUT2D eigenvalue weighted by atomic mass is 14.4. The molecular formula is C27H26. The molecule has 0 aliphatic heterocycles. The minimum atomic E-state index is -0.0321. The smallest absolute Gasteiger partial charge is 0.0321 e. The molecule has 3 aliphatic rings. The Balaban J connectivity index is 1.82. The third-order valence-corrected chi connectivity index (χ3v) is 6.74. The van der Waals surface area contributed by atoms with E-state index in [0.29, 0.717) is 0 Å². The molecule has 0 N–H and O–H groups in total. The SMILES string of the molecule is CCC1(c2c(C3(C)C=CC(C)=C3)ccc3c2Cc2ccccc2-3)C=CC=C1. The van der Waals surface area contributed by atoms with Gasteiger partial charge in [0, 0.05) is 10.8 Å². The van der Waals surface area contributed by atoms with Crippen molar-refractivity contribution < 1.29 is 0 Å². The average Bonchev–Trinajstić information content (AvgIpc) is 3.38. The lowest BCUT2D eigenvalue weighted by molar-refractivity contribution is 0.617. The first kappa shape index (κ1) is 16.6. The summed E-state index contributed by atoms with van der Waals surface area (Å²) in [6, 6.07) is 13.7. The molecule has 0 spiro atoms. The van der Waals surface area contributed by atoms with Gasteiger partial charge < -0.3 is 0 Å². The van der Waals surface area contributed by atoms with Crippen molar-refractivity contribution in [1.29, 1.82) is 0 Å². The van der Waals surface area contributed by atoms with Gasteiger partial charge >= 0.3 is 0 Å². The van der Waals surface area contributed by atoms with Gasteiger partial charge in [0.1, 0.15) is 0 Å². The highest BCUT2D eigenvalue weighted by molar-refractivity contribution is 5.80. The highest BCUT2D eigenvalue weighted by Crippen LogP contribution is 2.50. The van der Waals surface area contributed by atoms with Crippen molar-refractivity contribution in [2.24, 2.45) is 0 Å². The first-order valence-corrected chi connectivity index (χ1v) is 10.1. The summed E-state index contributed by atoms with van der Waals surface area (Å²) < 4.78 is 0. The molecule has 0 radical (unpaired) electrons. The largest absolute Gasteiger partial charge is 0.0702 e. The lowest BCUT2D eigenvalue weighted by atomic mass is 9.68. The second-order valence-electron chi connectivity index (χ2n) is 8.46. The summed E-state index contributed by atoms with van der Waals surface area (Å²) in [5, 5.41) is 0. The van der Waals surface area contributed by atoms with Gasteiger partial charge in [-0.2, -0.15) is 0 Å². The molecule has 134 valence electrons. The summed E-state index contributed by atoms with van der Waals surface area (Å²) >= 11 is 0. The van der Waals surface area contributed by atoms with Gasteiger partial charge in [-0.1, -0.05) is 91.4 Å². The molecule has 1 atom stereocenters. The topological polar surface area (TPSA) is 0 Å². The van der Waals surface area contributed by atoms with Crippen molar-refractivity contribution in [2.75, 3.05) is 0 Å². The third kappa shape index (κ3) is 2.29. The van der Waals surface area contributed by atoms with E-state index in [2.05, 4.69) is 99.7 Å². The normalized spacial score (nSPS) is 23.6. The molecule has 0 heterocycles. The predicted molar refractivity (Wildman–Crippen MR) is 115 cm³/mol. The number of rotatable bonds is 3. The predicted octanol–water partition coefficient (Wildman–Crippen LogP) is 6.81. The average molecular weight is 351 g/mol. The van der Waals surface area contributed by atoms with Crippen molar-refractivity contribution in [3.8, 4) is 11.1 Å². The van der Waals surface area contributed by atoms with Gasteiger partial charge in [-0.25, -0.2) is 0 Å². The van der Waals surface area contributed by atoms with Crippen molar-refractivity contribution >= 4 is 0 Å². The Labute approximate surface area is 162 Å². The van der Waals surface area contributed by atoms with Crippen molar-refractivity contribution in [1.82, 2.24) is 0 Å². The molecule has 3 aliphatic carbocycles. The molecule has 1 unspecified atom stereocenters. The van der Waals surface area contributed by atoms with Crippen LogP contribution in [0.5, 0.6) is 0 Å².